The van der Waals surface area contributed by atoms with Crippen molar-refractivity contribution >= 4 is 37.8 Å². The minimum absolute atomic E-state index is 0.0203. The van der Waals surface area contributed by atoms with Crippen LogP contribution in [0.4, 0.5) is 0 Å². The highest BCUT2D eigenvalue weighted by atomic mass is 79.9. The molecule has 0 saturated heterocycles. The van der Waals surface area contributed by atoms with Crippen molar-refractivity contribution < 1.29 is 4.79 Å². The van der Waals surface area contributed by atoms with Crippen LogP contribution < -0.4 is 5.32 Å². The molecule has 0 atom stereocenters. The number of benzene rings is 1. The highest BCUT2D eigenvalue weighted by Gasteiger charge is 2.34. The number of hydrogen-bond donors (Lipinski definition) is 1. The van der Waals surface area contributed by atoms with Crippen LogP contribution in [0.5, 0.6) is 0 Å². The van der Waals surface area contributed by atoms with E-state index in [0.717, 1.165) is 33.8 Å². The predicted molar refractivity (Wildman–Crippen MR) is 81.3 cm³/mol. The van der Waals surface area contributed by atoms with Gasteiger partial charge >= 0.3 is 0 Å². The molecule has 0 spiro atoms. The molecule has 0 radical (unpaired) electrons. The van der Waals surface area contributed by atoms with Crippen LogP contribution in [0, 0.1) is 6.92 Å². The van der Waals surface area contributed by atoms with Crippen molar-refractivity contribution in [1.29, 1.82) is 0 Å². The third kappa shape index (κ3) is 2.97. The number of hydrogen-bond acceptors (Lipinski definition) is 1. The topological polar surface area (TPSA) is 29.1 Å². The highest BCUT2D eigenvalue weighted by Crippen LogP contribution is 2.32. The lowest BCUT2D eigenvalue weighted by Gasteiger charge is -2.28. The Labute approximate surface area is 125 Å². The summed E-state index contributed by atoms with van der Waals surface area (Å²) in [5.74, 6) is 0.0203. The average molecular weight is 375 g/mol. The number of aryl methyl sites for hydroxylation is 1. The zero-order valence-electron chi connectivity index (χ0n) is 10.4. The molecule has 0 unspecified atom stereocenters. The molecule has 2 rings (SSSR count). The first-order valence-electron chi connectivity index (χ1n) is 6.21. The second-order valence-electron chi connectivity index (χ2n) is 5.06. The Morgan fingerprint density at radius 1 is 1.39 bits per heavy atom. The zero-order chi connectivity index (χ0) is 13.2. The maximum absolute atomic E-state index is 12.4. The summed E-state index contributed by atoms with van der Waals surface area (Å²) in [6.07, 6.45) is 4.52. The molecule has 1 fully saturated rings. The Kier molecular flexibility index (Phi) is 4.49. The molecule has 98 valence electrons. The molecule has 0 aliphatic heterocycles. The number of carbonyl (C=O) groups is 1. The molecular formula is C14H17Br2NO. The van der Waals surface area contributed by atoms with E-state index >= 15 is 0 Å². The summed E-state index contributed by atoms with van der Waals surface area (Å²) in [7, 11) is 0. The zero-order valence-corrected chi connectivity index (χ0v) is 13.6. The number of rotatable bonds is 3. The van der Waals surface area contributed by atoms with Crippen LogP contribution in [0.15, 0.2) is 22.7 Å². The largest absolute Gasteiger partial charge is 0.346 e. The van der Waals surface area contributed by atoms with Gasteiger partial charge in [-0.3, -0.25) is 4.79 Å². The van der Waals surface area contributed by atoms with Crippen LogP contribution >= 0.6 is 31.9 Å². The quantitative estimate of drug-likeness (QED) is 0.789. The summed E-state index contributed by atoms with van der Waals surface area (Å²) in [6.45, 7) is 2.00. The molecule has 1 saturated carbocycles. The van der Waals surface area contributed by atoms with Gasteiger partial charge in [0.2, 0.25) is 0 Å². The van der Waals surface area contributed by atoms with Gasteiger partial charge in [0.15, 0.2) is 0 Å². The monoisotopic (exact) mass is 373 g/mol. The first-order valence-corrected chi connectivity index (χ1v) is 8.12. The maximum Gasteiger partial charge on any atom is 0.252 e. The molecule has 1 aliphatic rings. The van der Waals surface area contributed by atoms with Crippen molar-refractivity contribution in [2.24, 2.45) is 0 Å². The summed E-state index contributed by atoms with van der Waals surface area (Å²) >= 11 is 6.99. The Morgan fingerprint density at radius 3 is 2.67 bits per heavy atom. The lowest BCUT2D eigenvalue weighted by molar-refractivity contribution is 0.0909. The van der Waals surface area contributed by atoms with Gasteiger partial charge in [-0.1, -0.05) is 40.4 Å². The van der Waals surface area contributed by atoms with Gasteiger partial charge in [-0.2, -0.15) is 0 Å². The van der Waals surface area contributed by atoms with Crippen molar-refractivity contribution in [2.45, 2.75) is 38.1 Å². The normalized spacial score (nSPS) is 17.7. The van der Waals surface area contributed by atoms with Crippen molar-refractivity contribution in [3.63, 3.8) is 0 Å². The van der Waals surface area contributed by atoms with Crippen molar-refractivity contribution in [2.75, 3.05) is 5.33 Å². The molecule has 0 bridgehead atoms. The van der Waals surface area contributed by atoms with E-state index in [2.05, 4.69) is 37.2 Å². The highest BCUT2D eigenvalue weighted by molar-refractivity contribution is 9.10. The molecule has 0 aromatic heterocycles. The minimum atomic E-state index is -0.0553. The van der Waals surface area contributed by atoms with E-state index in [1.807, 2.05) is 25.1 Å². The van der Waals surface area contributed by atoms with E-state index in [9.17, 15) is 4.79 Å². The molecule has 2 nitrogen and oxygen atoms in total. The van der Waals surface area contributed by atoms with Crippen molar-refractivity contribution in [3.8, 4) is 0 Å². The first kappa shape index (κ1) is 14.1. The number of alkyl halides is 1. The fourth-order valence-corrected chi connectivity index (χ4v) is 3.59. The molecule has 0 heterocycles. The van der Waals surface area contributed by atoms with E-state index in [0.29, 0.717) is 0 Å². The minimum Gasteiger partial charge on any atom is -0.346 e. The second-order valence-corrected chi connectivity index (χ2v) is 6.47. The van der Waals surface area contributed by atoms with Crippen LogP contribution in [0.25, 0.3) is 0 Å². The van der Waals surface area contributed by atoms with Gasteiger partial charge in [0.25, 0.3) is 5.91 Å². The SMILES string of the molecule is Cc1ccc(Br)c(C(=O)NC2(CBr)CCCC2)c1. The number of nitrogens with one attached hydrogen (secondary N) is 1. The molecule has 1 N–H and O–H groups in total. The van der Waals surface area contributed by atoms with Crippen LogP contribution in [0.2, 0.25) is 0 Å². The summed E-state index contributed by atoms with van der Waals surface area (Å²) in [5.41, 5.74) is 1.77. The molecule has 18 heavy (non-hydrogen) atoms. The fraction of sp³-hybridized carbons (Fsp3) is 0.500. The summed E-state index contributed by atoms with van der Waals surface area (Å²) < 4.78 is 0.855. The molecule has 1 amide bonds. The molecule has 1 aliphatic carbocycles. The Bertz CT molecular complexity index is 453. The van der Waals surface area contributed by atoms with Crippen LogP contribution in [-0.4, -0.2) is 16.8 Å². The van der Waals surface area contributed by atoms with E-state index in [4.69, 9.17) is 0 Å². The predicted octanol–water partition coefficient (Wildman–Crippen LogP) is 4.20. The third-order valence-electron chi connectivity index (χ3n) is 3.56. The summed E-state index contributed by atoms with van der Waals surface area (Å²) in [5, 5.41) is 4.04. The number of amides is 1. The molecule has 4 heteroatoms. The maximum atomic E-state index is 12.4. The van der Waals surface area contributed by atoms with E-state index in [-0.39, 0.29) is 11.4 Å². The smallest absolute Gasteiger partial charge is 0.252 e. The van der Waals surface area contributed by atoms with Gasteiger partial charge in [-0.15, -0.1) is 0 Å². The van der Waals surface area contributed by atoms with Crippen LogP contribution in [0.3, 0.4) is 0 Å². The number of halogens is 2. The van der Waals surface area contributed by atoms with Crippen molar-refractivity contribution in [1.82, 2.24) is 5.32 Å². The van der Waals surface area contributed by atoms with Gasteiger partial charge in [0.1, 0.15) is 0 Å². The van der Waals surface area contributed by atoms with Gasteiger partial charge in [-0.05, 0) is 47.8 Å². The molecular weight excluding hydrogens is 358 g/mol. The van der Waals surface area contributed by atoms with Gasteiger partial charge in [-0.25, -0.2) is 0 Å². The summed E-state index contributed by atoms with van der Waals surface area (Å²) in [6, 6.07) is 5.85. The standard InChI is InChI=1S/C14H17Br2NO/c1-10-4-5-12(16)11(8-10)13(18)17-14(9-15)6-2-3-7-14/h4-5,8H,2-3,6-7,9H2,1H3,(H,17,18). The van der Waals surface area contributed by atoms with Gasteiger partial charge in [0, 0.05) is 9.80 Å². The van der Waals surface area contributed by atoms with Gasteiger partial charge in [0.05, 0.1) is 11.1 Å². The lowest BCUT2D eigenvalue weighted by atomic mass is 9.99. The van der Waals surface area contributed by atoms with E-state index in [1.54, 1.807) is 0 Å². The Hall–Kier alpha value is -0.350. The van der Waals surface area contributed by atoms with Crippen LogP contribution in [-0.2, 0) is 0 Å². The number of carbonyl (C=O) groups excluding carboxylic acids is 1. The van der Waals surface area contributed by atoms with Gasteiger partial charge < -0.3 is 5.32 Å². The van der Waals surface area contributed by atoms with E-state index in [1.165, 1.54) is 12.8 Å². The molecule has 1 aromatic rings. The fourth-order valence-electron chi connectivity index (χ4n) is 2.47. The Balaban J connectivity index is 2.18. The Morgan fingerprint density at radius 2 is 2.06 bits per heavy atom. The lowest BCUT2D eigenvalue weighted by Crippen LogP contribution is -2.47. The van der Waals surface area contributed by atoms with Crippen LogP contribution in [0.1, 0.15) is 41.6 Å². The second kappa shape index (κ2) is 5.74. The average Bonchev–Trinajstić information content (AvgIpc) is 2.81. The summed E-state index contributed by atoms with van der Waals surface area (Å²) in [4.78, 5) is 12.4. The van der Waals surface area contributed by atoms with E-state index < -0.39 is 0 Å². The first-order chi connectivity index (χ1) is 8.56. The third-order valence-corrected chi connectivity index (χ3v) is 5.33. The van der Waals surface area contributed by atoms with Crippen molar-refractivity contribution in [3.05, 3.63) is 33.8 Å². The molecule has 1 aromatic carbocycles.